The molecule has 5 heterocycles. The minimum Gasteiger partial charge on any atom is -0.359 e. The molecule has 2 aromatic heterocycles. The van der Waals surface area contributed by atoms with Crippen LogP contribution in [0.2, 0.25) is 0 Å². The van der Waals surface area contributed by atoms with Crippen LogP contribution in [-0.4, -0.2) is 82.8 Å². The molecule has 1 aliphatic carbocycles. The molecule has 4 aliphatic rings. The second-order valence-electron chi connectivity index (χ2n) is 15.0. The number of hydrogen-bond donors (Lipinski definition) is 6. The van der Waals surface area contributed by atoms with Gasteiger partial charge in [-0.2, -0.15) is 5.10 Å². The zero-order valence-electron chi connectivity index (χ0n) is 29.0. The van der Waals surface area contributed by atoms with Crippen LogP contribution in [0, 0.1) is 5.41 Å². The van der Waals surface area contributed by atoms with Crippen LogP contribution >= 0.6 is 0 Å². The third-order valence-corrected chi connectivity index (χ3v) is 11.3. The fourth-order valence-electron chi connectivity index (χ4n) is 8.74. The van der Waals surface area contributed by atoms with Gasteiger partial charge in [-0.15, -0.1) is 0 Å². The van der Waals surface area contributed by atoms with Gasteiger partial charge in [0.15, 0.2) is 0 Å². The van der Waals surface area contributed by atoms with Crippen molar-refractivity contribution in [2.45, 2.75) is 63.8 Å². The van der Waals surface area contributed by atoms with Crippen molar-refractivity contribution in [1.29, 1.82) is 0 Å². The lowest BCUT2D eigenvalue weighted by Gasteiger charge is -2.48. The summed E-state index contributed by atoms with van der Waals surface area (Å²) in [5, 5.41) is 20.1. The van der Waals surface area contributed by atoms with Crippen LogP contribution in [0.1, 0.15) is 94.1 Å². The van der Waals surface area contributed by atoms with Crippen LogP contribution in [0.4, 0.5) is 0 Å². The van der Waals surface area contributed by atoms with E-state index in [9.17, 15) is 24.0 Å². The van der Waals surface area contributed by atoms with Crippen LogP contribution in [0.5, 0.6) is 0 Å². The summed E-state index contributed by atoms with van der Waals surface area (Å²) in [5.74, 6) is -3.19. The van der Waals surface area contributed by atoms with Gasteiger partial charge >= 0.3 is 0 Å². The molecule has 8 rings (SSSR count). The Bertz CT molecular complexity index is 2140. The Morgan fingerprint density at radius 3 is 2.59 bits per heavy atom. The number of H-pyrrole nitrogens is 2. The monoisotopic (exact) mass is 690 g/mol. The smallest absolute Gasteiger partial charge is 0.259 e. The van der Waals surface area contributed by atoms with Crippen LogP contribution in [0.25, 0.3) is 22.3 Å². The first kappa shape index (κ1) is 33.0. The average Bonchev–Trinajstić information content (AvgIpc) is 3.81. The van der Waals surface area contributed by atoms with E-state index < -0.39 is 29.2 Å². The molecule has 0 saturated carbocycles. The van der Waals surface area contributed by atoms with Gasteiger partial charge in [-0.25, -0.2) is 0 Å². The Kier molecular flexibility index (Phi) is 7.95. The van der Waals surface area contributed by atoms with Crippen LogP contribution in [-0.2, 0) is 32.8 Å². The number of amides is 5. The van der Waals surface area contributed by atoms with Crippen molar-refractivity contribution >= 4 is 40.4 Å². The summed E-state index contributed by atoms with van der Waals surface area (Å²) in [6, 6.07) is 11.6. The van der Waals surface area contributed by atoms with Gasteiger partial charge in [0, 0.05) is 61.8 Å². The van der Waals surface area contributed by atoms with E-state index in [1.54, 1.807) is 19.2 Å². The van der Waals surface area contributed by atoms with Crippen molar-refractivity contribution in [3.8, 4) is 11.4 Å². The van der Waals surface area contributed by atoms with Crippen molar-refractivity contribution in [1.82, 2.24) is 41.3 Å². The minimum absolute atomic E-state index is 0.0279. The van der Waals surface area contributed by atoms with Crippen molar-refractivity contribution < 1.29 is 24.0 Å². The van der Waals surface area contributed by atoms with Crippen LogP contribution < -0.4 is 21.3 Å². The lowest BCUT2D eigenvalue weighted by molar-refractivity contribution is -0.134. The Morgan fingerprint density at radius 2 is 1.82 bits per heavy atom. The molecule has 2 atom stereocenters. The number of carbonyl (C=O) groups is 5. The van der Waals surface area contributed by atoms with E-state index in [2.05, 4.69) is 62.2 Å². The summed E-state index contributed by atoms with van der Waals surface area (Å²) < 4.78 is 0. The molecule has 51 heavy (non-hydrogen) atoms. The molecule has 13 nitrogen and oxygen atoms in total. The molecule has 5 amide bonds. The highest BCUT2D eigenvalue weighted by atomic mass is 16.2. The fraction of sp³-hybridized carbons (Fsp3) is 0.421. The van der Waals surface area contributed by atoms with Gasteiger partial charge in [0.25, 0.3) is 11.8 Å². The Morgan fingerprint density at radius 1 is 1.02 bits per heavy atom. The first-order chi connectivity index (χ1) is 24.5. The number of nitrogens with one attached hydrogen (secondary N) is 6. The number of benzene rings is 2. The molecule has 3 aliphatic heterocycles. The SMILES string of the molecule is CNC(=O)CC(c1ccc2cc(-c3n[nH]c4c3CCC(C)(C)C4)[nH]c2c1)(c1ccc2c(c1C1CCC(=O)NC1=O)C(=O)NC2=O)N1CCNCC1. The zero-order chi connectivity index (χ0) is 35.7. The van der Waals surface area contributed by atoms with Gasteiger partial charge in [-0.3, -0.25) is 44.6 Å². The average molecular weight is 691 g/mol. The summed E-state index contributed by atoms with van der Waals surface area (Å²) >= 11 is 0. The molecular weight excluding hydrogens is 648 g/mol. The van der Waals surface area contributed by atoms with Gasteiger partial charge in [0.2, 0.25) is 17.7 Å². The van der Waals surface area contributed by atoms with Gasteiger partial charge < -0.3 is 15.6 Å². The number of fused-ring (bicyclic) bond motifs is 3. The van der Waals surface area contributed by atoms with E-state index in [4.69, 9.17) is 5.10 Å². The third kappa shape index (κ3) is 5.46. The van der Waals surface area contributed by atoms with E-state index in [0.717, 1.165) is 47.1 Å². The van der Waals surface area contributed by atoms with Crippen molar-refractivity contribution in [2.24, 2.45) is 5.41 Å². The highest BCUT2D eigenvalue weighted by Crippen LogP contribution is 2.47. The lowest BCUT2D eigenvalue weighted by atomic mass is 9.71. The fourth-order valence-corrected chi connectivity index (χ4v) is 8.74. The first-order valence-electron chi connectivity index (χ1n) is 17.7. The molecule has 13 heteroatoms. The Labute approximate surface area is 294 Å². The number of piperazine rings is 1. The molecule has 0 spiro atoms. The summed E-state index contributed by atoms with van der Waals surface area (Å²) in [6.45, 7) is 7.00. The molecule has 264 valence electrons. The van der Waals surface area contributed by atoms with Crippen LogP contribution in [0.15, 0.2) is 36.4 Å². The van der Waals surface area contributed by atoms with E-state index in [-0.39, 0.29) is 47.6 Å². The Hall–Kier alpha value is -5.14. The number of piperidine rings is 1. The maximum Gasteiger partial charge on any atom is 0.259 e. The molecule has 4 aromatic rings. The molecule has 2 saturated heterocycles. The normalized spacial score (nSPS) is 21.5. The summed E-state index contributed by atoms with van der Waals surface area (Å²) in [4.78, 5) is 72.1. The van der Waals surface area contributed by atoms with E-state index in [1.165, 1.54) is 11.3 Å². The standard InChI is InChI=1S/C38H42N8O5/c1-37(2)11-10-22-28(18-37)44-45-33(22)27-16-20-4-5-21(17-26(20)41-27)38(19-30(48)39-3,46-14-12-40-13-15-46)25-8-6-24-32(36(51)43-35(24)50)31(25)23-7-9-29(47)42-34(23)49/h4-6,8,16-17,23,40-41H,7,9-15,18-19H2,1-3H3,(H,39,48)(H,44,45)(H,42,47,49)(H,43,50,51). The second kappa shape index (κ2) is 12.3. The molecule has 0 bridgehead atoms. The van der Waals surface area contributed by atoms with Gasteiger partial charge in [0.05, 0.1) is 34.7 Å². The summed E-state index contributed by atoms with van der Waals surface area (Å²) in [6.07, 6.45) is 3.16. The quantitative estimate of drug-likeness (QED) is 0.160. The summed E-state index contributed by atoms with van der Waals surface area (Å²) in [7, 11) is 1.59. The molecular formula is C38H42N8O5. The Balaban J connectivity index is 1.35. The zero-order valence-corrected chi connectivity index (χ0v) is 29.0. The van der Waals surface area contributed by atoms with Gasteiger partial charge in [0.1, 0.15) is 5.69 Å². The van der Waals surface area contributed by atoms with E-state index in [1.807, 2.05) is 12.1 Å². The third-order valence-electron chi connectivity index (χ3n) is 11.3. The maximum atomic E-state index is 13.7. The largest absolute Gasteiger partial charge is 0.359 e. The highest BCUT2D eigenvalue weighted by Gasteiger charge is 2.48. The number of nitrogens with zero attached hydrogens (tertiary/aromatic N) is 2. The van der Waals surface area contributed by atoms with Gasteiger partial charge in [-0.1, -0.05) is 32.0 Å². The maximum absolute atomic E-state index is 13.7. The number of aromatic nitrogens is 3. The number of carbonyl (C=O) groups excluding carboxylic acids is 5. The number of aromatic amines is 2. The van der Waals surface area contributed by atoms with Crippen molar-refractivity contribution in [2.75, 3.05) is 33.2 Å². The summed E-state index contributed by atoms with van der Waals surface area (Å²) in [5.41, 5.74) is 6.15. The topological polar surface area (TPSA) is 181 Å². The predicted molar refractivity (Wildman–Crippen MR) is 189 cm³/mol. The molecule has 6 N–H and O–H groups in total. The van der Waals surface area contributed by atoms with Crippen LogP contribution in [0.3, 0.4) is 0 Å². The molecule has 2 unspecified atom stereocenters. The minimum atomic E-state index is -1.17. The van der Waals surface area contributed by atoms with Crippen molar-refractivity contribution in [3.63, 3.8) is 0 Å². The molecule has 0 radical (unpaired) electrons. The lowest BCUT2D eigenvalue weighted by Crippen LogP contribution is -2.57. The predicted octanol–water partition coefficient (Wildman–Crippen LogP) is 2.76. The van der Waals surface area contributed by atoms with E-state index in [0.29, 0.717) is 37.3 Å². The van der Waals surface area contributed by atoms with Gasteiger partial charge in [-0.05, 0) is 66.0 Å². The number of hydrogen-bond acceptors (Lipinski definition) is 8. The van der Waals surface area contributed by atoms with E-state index >= 15 is 0 Å². The highest BCUT2D eigenvalue weighted by molar-refractivity contribution is 6.23. The second-order valence-corrected chi connectivity index (χ2v) is 15.0. The van der Waals surface area contributed by atoms with Crippen molar-refractivity contribution in [3.05, 3.63) is 75.5 Å². The first-order valence-corrected chi connectivity index (χ1v) is 17.7. The number of rotatable bonds is 7. The number of imide groups is 2. The molecule has 2 fully saturated rings. The molecule has 2 aromatic carbocycles.